The number of hydrogen-bond donors (Lipinski definition) is 0. The van der Waals surface area contributed by atoms with Crippen molar-refractivity contribution in [2.24, 2.45) is 4.99 Å². The second-order valence-electron chi connectivity index (χ2n) is 9.57. The van der Waals surface area contributed by atoms with Crippen molar-refractivity contribution in [2.45, 2.75) is 13.8 Å². The molecule has 0 aromatic heterocycles. The molecule has 0 atom stereocenters. The molecule has 8 heteroatoms. The van der Waals surface area contributed by atoms with E-state index in [2.05, 4.69) is 9.89 Å². The van der Waals surface area contributed by atoms with Gasteiger partial charge in [0.25, 0.3) is 5.91 Å². The van der Waals surface area contributed by atoms with Gasteiger partial charge in [-0.15, -0.1) is 0 Å². The number of hydrogen-bond acceptors (Lipinski definition) is 6. The number of nitrogens with zero attached hydrogens (tertiary/aromatic N) is 4. The molecule has 7 nitrogen and oxygen atoms in total. The van der Waals surface area contributed by atoms with Crippen molar-refractivity contribution in [3.05, 3.63) is 101 Å². The summed E-state index contributed by atoms with van der Waals surface area (Å²) in [4.78, 5) is 48.4. The van der Waals surface area contributed by atoms with Crippen LogP contribution in [0.4, 0.5) is 11.4 Å². The number of anilines is 2. The van der Waals surface area contributed by atoms with Gasteiger partial charge in [-0.1, -0.05) is 59.8 Å². The monoisotopic (exact) mass is 538 g/mol. The van der Waals surface area contributed by atoms with Crippen LogP contribution in [0.25, 0.3) is 6.08 Å². The molecule has 198 valence electrons. The lowest BCUT2D eigenvalue weighted by molar-refractivity contribution is -0.128. The molecule has 1 fully saturated rings. The topological polar surface area (TPSA) is 73.3 Å². The molecule has 0 unspecified atom stereocenters. The molecule has 2 amide bonds. The molecule has 39 heavy (non-hydrogen) atoms. The minimum Gasteiger partial charge on any atom is -0.368 e. The quantitative estimate of drug-likeness (QED) is 0.325. The average Bonchev–Trinajstić information content (AvgIpc) is 3.27. The molecular formula is C31H30N4O3S. The van der Waals surface area contributed by atoms with Crippen LogP contribution in [0.5, 0.6) is 0 Å². The number of Topliss-reactive ketones (excluding diaryl/α,β-unsaturated/α-hetero) is 1. The minimum absolute atomic E-state index is 0.0192. The number of aliphatic imine (C=N–C) groups is 1. The van der Waals surface area contributed by atoms with Crippen molar-refractivity contribution in [2.75, 3.05) is 41.7 Å². The van der Waals surface area contributed by atoms with E-state index >= 15 is 0 Å². The van der Waals surface area contributed by atoms with E-state index in [1.807, 2.05) is 90.7 Å². The average molecular weight is 539 g/mol. The number of amidine groups is 1. The Bertz CT molecular complexity index is 1420. The van der Waals surface area contributed by atoms with E-state index in [0.717, 1.165) is 35.6 Å². The normalized spacial score (nSPS) is 16.6. The van der Waals surface area contributed by atoms with Crippen molar-refractivity contribution in [3.8, 4) is 0 Å². The maximum Gasteiger partial charge on any atom is 0.283 e. The molecule has 2 heterocycles. The lowest BCUT2D eigenvalue weighted by Gasteiger charge is -2.36. The maximum absolute atomic E-state index is 13.4. The number of rotatable bonds is 6. The maximum atomic E-state index is 13.4. The van der Waals surface area contributed by atoms with Crippen LogP contribution in [-0.2, 0) is 9.59 Å². The molecule has 1 saturated heterocycles. The van der Waals surface area contributed by atoms with Crippen molar-refractivity contribution in [3.63, 3.8) is 0 Å². The van der Waals surface area contributed by atoms with Crippen LogP contribution in [0.2, 0.25) is 0 Å². The van der Waals surface area contributed by atoms with Gasteiger partial charge in [0.1, 0.15) is 5.70 Å². The molecule has 0 radical (unpaired) electrons. The third-order valence-corrected chi connectivity index (χ3v) is 7.74. The fourth-order valence-electron chi connectivity index (χ4n) is 4.56. The van der Waals surface area contributed by atoms with Gasteiger partial charge in [0.2, 0.25) is 5.91 Å². The van der Waals surface area contributed by atoms with Crippen LogP contribution >= 0.6 is 11.8 Å². The molecule has 0 spiro atoms. The zero-order chi connectivity index (χ0) is 27.4. The van der Waals surface area contributed by atoms with E-state index in [1.165, 1.54) is 11.8 Å². The lowest BCUT2D eigenvalue weighted by Crippen LogP contribution is -2.49. The summed E-state index contributed by atoms with van der Waals surface area (Å²) in [5, 5.41) is 0.502. The zero-order valence-electron chi connectivity index (χ0n) is 22.0. The third kappa shape index (κ3) is 6.12. The van der Waals surface area contributed by atoms with E-state index in [1.54, 1.807) is 17.9 Å². The van der Waals surface area contributed by atoms with E-state index in [4.69, 9.17) is 0 Å². The first-order valence-electron chi connectivity index (χ1n) is 12.9. The second-order valence-corrected chi connectivity index (χ2v) is 10.5. The second kappa shape index (κ2) is 11.7. The predicted octanol–water partition coefficient (Wildman–Crippen LogP) is 5.02. The Hall–Kier alpha value is -4.17. The summed E-state index contributed by atoms with van der Waals surface area (Å²) < 4.78 is 0. The number of carbonyl (C=O) groups excluding carboxylic acids is 3. The number of benzene rings is 3. The molecule has 2 aliphatic heterocycles. The number of aryl methyl sites for hydroxylation is 1. The van der Waals surface area contributed by atoms with E-state index < -0.39 is 0 Å². The van der Waals surface area contributed by atoms with Crippen molar-refractivity contribution < 1.29 is 14.4 Å². The number of ketones is 1. The van der Waals surface area contributed by atoms with Gasteiger partial charge in [0.05, 0.1) is 11.4 Å². The summed E-state index contributed by atoms with van der Waals surface area (Å²) in [5.74, 6) is 0.0547. The minimum atomic E-state index is -0.207. The molecular weight excluding hydrogens is 508 g/mol. The SMILES string of the molecule is CC(=O)c1ccc(N2CCN(C(=O)CSC3=N/C(=C/c4ccc(C)cc4)C(=O)N3c3ccccc3)CC2)cc1. The Morgan fingerprint density at radius 2 is 1.54 bits per heavy atom. The number of piperazine rings is 1. The Balaban J connectivity index is 1.25. The van der Waals surface area contributed by atoms with Gasteiger partial charge in [-0.05, 0) is 61.9 Å². The highest BCUT2D eigenvalue weighted by molar-refractivity contribution is 8.14. The van der Waals surface area contributed by atoms with Gasteiger partial charge in [0, 0.05) is 37.4 Å². The van der Waals surface area contributed by atoms with Gasteiger partial charge in [-0.3, -0.25) is 19.3 Å². The van der Waals surface area contributed by atoms with Crippen LogP contribution in [0.1, 0.15) is 28.4 Å². The van der Waals surface area contributed by atoms with E-state index in [0.29, 0.717) is 29.5 Å². The summed E-state index contributed by atoms with van der Waals surface area (Å²) in [7, 11) is 0. The molecule has 0 bridgehead atoms. The highest BCUT2D eigenvalue weighted by atomic mass is 32.2. The van der Waals surface area contributed by atoms with Crippen LogP contribution < -0.4 is 9.80 Å². The van der Waals surface area contributed by atoms with Crippen LogP contribution in [0.3, 0.4) is 0 Å². The van der Waals surface area contributed by atoms with Gasteiger partial charge in [-0.2, -0.15) is 0 Å². The van der Waals surface area contributed by atoms with Gasteiger partial charge in [-0.25, -0.2) is 4.99 Å². The summed E-state index contributed by atoms with van der Waals surface area (Å²) in [6.07, 6.45) is 1.79. The van der Waals surface area contributed by atoms with E-state index in [-0.39, 0.29) is 23.4 Å². The molecule has 3 aromatic carbocycles. The Morgan fingerprint density at radius 1 is 0.872 bits per heavy atom. The number of thioether (sulfide) groups is 1. The van der Waals surface area contributed by atoms with Crippen molar-refractivity contribution >= 4 is 52.0 Å². The van der Waals surface area contributed by atoms with Crippen LogP contribution in [-0.4, -0.2) is 59.6 Å². The molecule has 5 rings (SSSR count). The molecule has 0 aliphatic carbocycles. The molecule has 0 saturated carbocycles. The summed E-state index contributed by atoms with van der Waals surface area (Å²) in [6.45, 7) is 6.24. The number of amides is 2. The fourth-order valence-corrected chi connectivity index (χ4v) is 5.47. The van der Waals surface area contributed by atoms with Crippen LogP contribution in [0.15, 0.2) is 89.6 Å². The third-order valence-electron chi connectivity index (χ3n) is 6.82. The first-order chi connectivity index (χ1) is 18.9. The van der Waals surface area contributed by atoms with Crippen molar-refractivity contribution in [1.29, 1.82) is 0 Å². The highest BCUT2D eigenvalue weighted by Gasteiger charge is 2.33. The zero-order valence-corrected chi connectivity index (χ0v) is 22.9. The molecule has 0 N–H and O–H groups in total. The van der Waals surface area contributed by atoms with Gasteiger partial charge < -0.3 is 9.80 Å². The summed E-state index contributed by atoms with van der Waals surface area (Å²) >= 11 is 1.29. The molecule has 3 aromatic rings. The number of para-hydroxylation sites is 1. The lowest BCUT2D eigenvalue weighted by atomic mass is 10.1. The van der Waals surface area contributed by atoms with Crippen LogP contribution in [0, 0.1) is 6.92 Å². The largest absolute Gasteiger partial charge is 0.368 e. The Morgan fingerprint density at radius 3 is 2.18 bits per heavy atom. The Labute approximate surface area is 232 Å². The van der Waals surface area contributed by atoms with E-state index in [9.17, 15) is 14.4 Å². The Kier molecular flexibility index (Phi) is 7.93. The fraction of sp³-hybridized carbons (Fsp3) is 0.226. The first-order valence-corrected chi connectivity index (χ1v) is 13.9. The van der Waals surface area contributed by atoms with Crippen molar-refractivity contribution in [1.82, 2.24) is 4.90 Å². The standard InChI is InChI=1S/C31H30N4O3S/c1-22-8-10-24(11-9-22)20-28-30(38)35(27-6-4-3-5-7-27)31(32-28)39-21-29(37)34-18-16-33(17-19-34)26-14-12-25(13-15-26)23(2)36/h3-15,20H,16-19,21H2,1-2H3/b28-20+. The highest BCUT2D eigenvalue weighted by Crippen LogP contribution is 2.29. The smallest absolute Gasteiger partial charge is 0.283 e. The first kappa shape index (κ1) is 26.4. The van der Waals surface area contributed by atoms with Gasteiger partial charge in [0.15, 0.2) is 11.0 Å². The summed E-state index contributed by atoms with van der Waals surface area (Å²) in [6, 6.07) is 24.9. The molecule has 2 aliphatic rings. The predicted molar refractivity (Wildman–Crippen MR) is 158 cm³/mol. The van der Waals surface area contributed by atoms with Gasteiger partial charge >= 0.3 is 0 Å². The summed E-state index contributed by atoms with van der Waals surface area (Å²) in [5.41, 5.74) is 4.86. The number of carbonyl (C=O) groups is 3.